The number of halogens is 2. The van der Waals surface area contributed by atoms with Crippen molar-refractivity contribution in [3.05, 3.63) is 58.6 Å². The maximum absolute atomic E-state index is 6.15. The zero-order chi connectivity index (χ0) is 19.3. The van der Waals surface area contributed by atoms with Gasteiger partial charge >= 0.3 is 0 Å². The Morgan fingerprint density at radius 2 is 1.64 bits per heavy atom. The minimum atomic E-state index is 0. The molecule has 0 heterocycles. The maximum Gasteiger partial charge on any atom is 0.166 e. The van der Waals surface area contributed by atoms with E-state index in [1.807, 2.05) is 43.3 Å². The Kier molecular flexibility index (Phi) is 12.8. The summed E-state index contributed by atoms with van der Waals surface area (Å²) in [7, 11) is 0. The molecule has 0 aliphatic rings. The first-order valence-electron chi connectivity index (χ1n) is 10.1. The first-order valence-corrected chi connectivity index (χ1v) is 10.4. The minimum Gasteiger partial charge on any atom is -0.490 e. The van der Waals surface area contributed by atoms with Crippen LogP contribution in [0.2, 0.25) is 5.02 Å². The number of rotatable bonds is 13. The van der Waals surface area contributed by atoms with E-state index < -0.39 is 0 Å². The smallest absolute Gasteiger partial charge is 0.166 e. The fourth-order valence-corrected chi connectivity index (χ4v) is 3.07. The summed E-state index contributed by atoms with van der Waals surface area (Å²) in [6.45, 7) is 7.15. The third-order valence-electron chi connectivity index (χ3n) is 4.43. The lowest BCUT2D eigenvalue weighted by molar-refractivity contribution is 0.266. The SMILES string of the molecule is CCCCCCCNCc1cccc(OCC)c1OCc1ccc(Cl)cc1.Cl. The highest BCUT2D eigenvalue weighted by Crippen LogP contribution is 2.32. The van der Waals surface area contributed by atoms with E-state index >= 15 is 0 Å². The Bertz CT molecular complexity index is 662. The van der Waals surface area contributed by atoms with Gasteiger partial charge in [-0.1, -0.05) is 68.5 Å². The van der Waals surface area contributed by atoms with Crippen molar-refractivity contribution in [3.63, 3.8) is 0 Å². The third-order valence-corrected chi connectivity index (χ3v) is 4.68. The van der Waals surface area contributed by atoms with Crippen molar-refractivity contribution < 1.29 is 9.47 Å². The van der Waals surface area contributed by atoms with E-state index in [4.69, 9.17) is 21.1 Å². The quantitative estimate of drug-likeness (QED) is 0.357. The highest BCUT2D eigenvalue weighted by atomic mass is 35.5. The molecule has 28 heavy (non-hydrogen) atoms. The number of nitrogens with one attached hydrogen (secondary N) is 1. The zero-order valence-electron chi connectivity index (χ0n) is 17.0. The molecule has 0 aliphatic heterocycles. The monoisotopic (exact) mass is 425 g/mol. The molecule has 1 N–H and O–H groups in total. The molecule has 0 saturated carbocycles. The summed E-state index contributed by atoms with van der Waals surface area (Å²) in [5.41, 5.74) is 2.21. The molecule has 0 spiro atoms. The topological polar surface area (TPSA) is 30.5 Å². The van der Waals surface area contributed by atoms with Crippen molar-refractivity contribution in [3.8, 4) is 11.5 Å². The maximum atomic E-state index is 6.15. The van der Waals surface area contributed by atoms with Gasteiger partial charge in [0.05, 0.1) is 6.61 Å². The average Bonchev–Trinajstić information content (AvgIpc) is 2.68. The van der Waals surface area contributed by atoms with Crippen LogP contribution in [0.25, 0.3) is 0 Å². The molecule has 0 fully saturated rings. The number of unbranched alkanes of at least 4 members (excludes halogenated alkanes) is 4. The number of benzene rings is 2. The van der Waals surface area contributed by atoms with Crippen LogP contribution >= 0.6 is 24.0 Å². The molecule has 0 saturated heterocycles. The van der Waals surface area contributed by atoms with E-state index in [9.17, 15) is 0 Å². The van der Waals surface area contributed by atoms with E-state index in [1.54, 1.807) is 0 Å². The summed E-state index contributed by atoms with van der Waals surface area (Å²) in [6.07, 6.45) is 6.45. The number of hydrogen-bond acceptors (Lipinski definition) is 3. The van der Waals surface area contributed by atoms with Gasteiger partial charge in [-0.25, -0.2) is 0 Å². The molecule has 0 aliphatic carbocycles. The van der Waals surface area contributed by atoms with Crippen LogP contribution in [0, 0.1) is 0 Å². The molecule has 2 aromatic rings. The Hall–Kier alpha value is -1.42. The van der Waals surface area contributed by atoms with Crippen LogP contribution in [-0.4, -0.2) is 13.2 Å². The minimum absolute atomic E-state index is 0. The van der Waals surface area contributed by atoms with Crippen molar-refractivity contribution in [2.45, 2.75) is 59.1 Å². The van der Waals surface area contributed by atoms with Crippen LogP contribution in [0.1, 0.15) is 57.1 Å². The lowest BCUT2D eigenvalue weighted by Gasteiger charge is -2.16. The fourth-order valence-electron chi connectivity index (χ4n) is 2.95. The Labute approximate surface area is 181 Å². The lowest BCUT2D eigenvalue weighted by atomic mass is 10.1. The second-order valence-corrected chi connectivity index (χ2v) is 7.12. The van der Waals surface area contributed by atoms with Gasteiger partial charge in [0.15, 0.2) is 11.5 Å². The molecule has 5 heteroatoms. The molecule has 2 rings (SSSR count). The molecule has 0 amide bonds. The van der Waals surface area contributed by atoms with Crippen LogP contribution in [0.4, 0.5) is 0 Å². The molecular weight excluding hydrogens is 393 g/mol. The van der Waals surface area contributed by atoms with Crippen LogP contribution in [0.15, 0.2) is 42.5 Å². The van der Waals surface area contributed by atoms with Gasteiger partial charge in [-0.15, -0.1) is 12.4 Å². The van der Waals surface area contributed by atoms with Gasteiger partial charge in [-0.05, 0) is 43.7 Å². The van der Waals surface area contributed by atoms with Crippen LogP contribution < -0.4 is 14.8 Å². The third kappa shape index (κ3) is 8.72. The second-order valence-electron chi connectivity index (χ2n) is 6.68. The summed E-state index contributed by atoms with van der Waals surface area (Å²) in [5.74, 6) is 1.63. The highest BCUT2D eigenvalue weighted by Gasteiger charge is 2.11. The molecule has 0 atom stereocenters. The fraction of sp³-hybridized carbons (Fsp3) is 0.478. The first-order chi connectivity index (χ1) is 13.2. The standard InChI is InChI=1S/C23H32ClNO2.ClH/c1-3-5-6-7-8-16-25-17-20-10-9-11-22(26-4-2)23(20)27-18-19-12-14-21(24)15-13-19;/h9-15,25H,3-8,16-18H2,1-2H3;1H. The van der Waals surface area contributed by atoms with Crippen LogP contribution in [-0.2, 0) is 13.2 Å². The molecule has 0 radical (unpaired) electrons. The van der Waals surface area contributed by atoms with Gasteiger partial charge in [0, 0.05) is 17.1 Å². The van der Waals surface area contributed by atoms with Crippen molar-refractivity contribution in [2.75, 3.05) is 13.2 Å². The van der Waals surface area contributed by atoms with Gasteiger partial charge in [0.25, 0.3) is 0 Å². The molecule has 3 nitrogen and oxygen atoms in total. The van der Waals surface area contributed by atoms with Gasteiger partial charge in [-0.2, -0.15) is 0 Å². The van der Waals surface area contributed by atoms with Crippen LogP contribution in [0.5, 0.6) is 11.5 Å². The summed E-state index contributed by atoms with van der Waals surface area (Å²) in [4.78, 5) is 0. The predicted molar refractivity (Wildman–Crippen MR) is 121 cm³/mol. The number of hydrogen-bond donors (Lipinski definition) is 1. The van der Waals surface area contributed by atoms with Gasteiger partial charge in [0.1, 0.15) is 6.61 Å². The summed E-state index contributed by atoms with van der Waals surface area (Å²) < 4.78 is 11.9. The molecular formula is C23H33Cl2NO2. The van der Waals surface area contributed by atoms with Gasteiger partial charge in [-0.3, -0.25) is 0 Å². The summed E-state index contributed by atoms with van der Waals surface area (Å²) in [6, 6.07) is 13.8. The molecule has 2 aromatic carbocycles. The molecule has 0 aromatic heterocycles. The lowest BCUT2D eigenvalue weighted by Crippen LogP contribution is -2.16. The summed E-state index contributed by atoms with van der Waals surface area (Å²) >= 11 is 5.96. The van der Waals surface area contributed by atoms with E-state index in [0.717, 1.165) is 40.7 Å². The second kappa shape index (κ2) is 14.6. The molecule has 0 unspecified atom stereocenters. The van der Waals surface area contributed by atoms with Crippen molar-refractivity contribution in [1.82, 2.24) is 5.32 Å². The van der Waals surface area contributed by atoms with E-state index in [2.05, 4.69) is 18.3 Å². The largest absolute Gasteiger partial charge is 0.490 e. The van der Waals surface area contributed by atoms with Crippen LogP contribution in [0.3, 0.4) is 0 Å². The molecule has 0 bridgehead atoms. The Morgan fingerprint density at radius 1 is 0.893 bits per heavy atom. The first kappa shape index (κ1) is 24.6. The van der Waals surface area contributed by atoms with E-state index in [-0.39, 0.29) is 12.4 Å². The summed E-state index contributed by atoms with van der Waals surface area (Å²) in [5, 5.41) is 4.27. The van der Waals surface area contributed by atoms with Gasteiger partial charge < -0.3 is 14.8 Å². The van der Waals surface area contributed by atoms with Crippen molar-refractivity contribution in [2.24, 2.45) is 0 Å². The van der Waals surface area contributed by atoms with Crippen molar-refractivity contribution >= 4 is 24.0 Å². The zero-order valence-corrected chi connectivity index (χ0v) is 18.6. The Morgan fingerprint density at radius 3 is 2.36 bits per heavy atom. The van der Waals surface area contributed by atoms with Gasteiger partial charge in [0.2, 0.25) is 0 Å². The highest BCUT2D eigenvalue weighted by molar-refractivity contribution is 6.30. The number of para-hydroxylation sites is 1. The number of ether oxygens (including phenoxy) is 2. The van der Waals surface area contributed by atoms with Crippen molar-refractivity contribution in [1.29, 1.82) is 0 Å². The Balaban J connectivity index is 0.00000392. The average molecular weight is 426 g/mol. The van der Waals surface area contributed by atoms with E-state index in [0.29, 0.717) is 13.2 Å². The normalized spacial score (nSPS) is 10.4. The van der Waals surface area contributed by atoms with E-state index in [1.165, 1.54) is 32.1 Å². The molecule has 156 valence electrons. The predicted octanol–water partition coefficient (Wildman–Crippen LogP) is 6.80.